The lowest BCUT2D eigenvalue weighted by atomic mass is 9.54. The van der Waals surface area contributed by atoms with Crippen molar-refractivity contribution in [2.75, 3.05) is 4.90 Å². The van der Waals surface area contributed by atoms with Crippen molar-refractivity contribution in [2.24, 2.45) is 23.7 Å². The number of hydrogen-bond acceptors (Lipinski definition) is 2. The summed E-state index contributed by atoms with van der Waals surface area (Å²) < 4.78 is 0. The highest BCUT2D eigenvalue weighted by Gasteiger charge is 2.63. The van der Waals surface area contributed by atoms with Crippen molar-refractivity contribution in [3.8, 4) is 0 Å². The van der Waals surface area contributed by atoms with Gasteiger partial charge in [-0.3, -0.25) is 14.5 Å². The van der Waals surface area contributed by atoms with E-state index in [4.69, 9.17) is 0 Å². The van der Waals surface area contributed by atoms with Crippen LogP contribution < -0.4 is 4.90 Å². The van der Waals surface area contributed by atoms with Gasteiger partial charge in [-0.2, -0.15) is 0 Å². The third-order valence-corrected chi connectivity index (χ3v) is 5.38. The predicted molar refractivity (Wildman–Crippen MR) is 80.5 cm³/mol. The molecule has 2 aliphatic carbocycles. The minimum atomic E-state index is -0.0609. The second kappa shape index (κ2) is 4.83. The van der Waals surface area contributed by atoms with Crippen LogP contribution in [0.1, 0.15) is 25.7 Å². The summed E-state index contributed by atoms with van der Waals surface area (Å²) in [7, 11) is 0. The van der Waals surface area contributed by atoms with Gasteiger partial charge in [-0.1, -0.05) is 30.4 Å². The van der Waals surface area contributed by atoms with Gasteiger partial charge >= 0.3 is 0 Å². The lowest BCUT2D eigenvalue weighted by Gasteiger charge is -2.46. The largest absolute Gasteiger partial charge is 0.274 e. The molecule has 3 aliphatic rings. The molecule has 0 spiro atoms. The third kappa shape index (κ3) is 1.80. The fourth-order valence-electron chi connectivity index (χ4n) is 4.43. The molecular formula is C18H19NO2. The summed E-state index contributed by atoms with van der Waals surface area (Å²) >= 11 is 0. The van der Waals surface area contributed by atoms with E-state index in [0.717, 1.165) is 31.4 Å². The Kier molecular flexibility index (Phi) is 2.95. The van der Waals surface area contributed by atoms with E-state index >= 15 is 0 Å². The van der Waals surface area contributed by atoms with Crippen molar-refractivity contribution in [2.45, 2.75) is 25.7 Å². The van der Waals surface area contributed by atoms with Crippen molar-refractivity contribution in [1.82, 2.24) is 0 Å². The average Bonchev–Trinajstić information content (AvgIpc) is 2.68. The molecular weight excluding hydrogens is 262 g/mol. The van der Waals surface area contributed by atoms with Gasteiger partial charge in [0.25, 0.3) is 0 Å². The molecule has 1 saturated carbocycles. The van der Waals surface area contributed by atoms with Crippen LogP contribution in [0.4, 0.5) is 5.69 Å². The van der Waals surface area contributed by atoms with Gasteiger partial charge in [0.15, 0.2) is 0 Å². The molecule has 0 bridgehead atoms. The van der Waals surface area contributed by atoms with Crippen molar-refractivity contribution in [1.29, 1.82) is 0 Å². The van der Waals surface area contributed by atoms with Gasteiger partial charge in [0.05, 0.1) is 17.5 Å². The molecule has 108 valence electrons. The van der Waals surface area contributed by atoms with Gasteiger partial charge in [-0.15, -0.1) is 0 Å². The highest BCUT2D eigenvalue weighted by molar-refractivity contribution is 6.23. The predicted octanol–water partition coefficient (Wildman–Crippen LogP) is 3.17. The van der Waals surface area contributed by atoms with E-state index in [1.165, 1.54) is 4.90 Å². The van der Waals surface area contributed by atoms with Crippen molar-refractivity contribution in [3.05, 3.63) is 42.5 Å². The number of carbonyl (C=O) groups excluding carboxylic acids is 2. The van der Waals surface area contributed by atoms with E-state index < -0.39 is 0 Å². The molecule has 1 aromatic carbocycles. The summed E-state index contributed by atoms with van der Waals surface area (Å²) in [5, 5.41) is 0. The number of para-hydroxylation sites is 1. The molecule has 3 heteroatoms. The summed E-state index contributed by atoms with van der Waals surface area (Å²) in [5.74, 6) is 0.752. The minimum Gasteiger partial charge on any atom is -0.274 e. The Morgan fingerprint density at radius 3 is 1.86 bits per heavy atom. The zero-order chi connectivity index (χ0) is 14.4. The Bertz CT molecular complexity index is 573. The maximum absolute atomic E-state index is 12.7. The van der Waals surface area contributed by atoms with Crippen molar-refractivity contribution >= 4 is 17.5 Å². The van der Waals surface area contributed by atoms with Crippen LogP contribution in [-0.2, 0) is 9.59 Å². The molecule has 1 aromatic rings. The van der Waals surface area contributed by atoms with E-state index in [-0.39, 0.29) is 23.7 Å². The number of carbonyl (C=O) groups is 2. The zero-order valence-corrected chi connectivity index (χ0v) is 11.9. The highest BCUT2D eigenvalue weighted by atomic mass is 16.2. The van der Waals surface area contributed by atoms with Gasteiger partial charge < -0.3 is 0 Å². The lowest BCUT2D eigenvalue weighted by molar-refractivity contribution is -0.137. The number of fused-ring (bicyclic) bond motifs is 4. The zero-order valence-electron chi connectivity index (χ0n) is 11.9. The van der Waals surface area contributed by atoms with E-state index in [0.29, 0.717) is 11.8 Å². The molecule has 1 heterocycles. The normalized spacial score (nSPS) is 36.3. The second-order valence-electron chi connectivity index (χ2n) is 6.35. The summed E-state index contributed by atoms with van der Waals surface area (Å²) in [5.41, 5.74) is 0.729. The maximum atomic E-state index is 12.7. The number of benzene rings is 1. The summed E-state index contributed by atoms with van der Waals surface area (Å²) in [6.45, 7) is 0. The van der Waals surface area contributed by atoms with Crippen LogP contribution in [0.15, 0.2) is 42.5 Å². The van der Waals surface area contributed by atoms with E-state index in [1.807, 2.05) is 30.3 Å². The van der Waals surface area contributed by atoms with E-state index in [2.05, 4.69) is 12.2 Å². The molecule has 0 radical (unpaired) electrons. The summed E-state index contributed by atoms with van der Waals surface area (Å²) in [6.07, 6.45) is 8.61. The number of nitrogens with zero attached hydrogens (tertiary/aromatic N) is 1. The SMILES string of the molecule is O=C1[C@@H]2[C@H]3CC/C=C/CC[C@@H]3[C@@H]2C(=O)N1c1ccccc1. The number of imide groups is 1. The van der Waals surface area contributed by atoms with Gasteiger partial charge in [-0.25, -0.2) is 0 Å². The molecule has 2 amide bonds. The lowest BCUT2D eigenvalue weighted by Crippen LogP contribution is -2.48. The Labute approximate surface area is 124 Å². The second-order valence-corrected chi connectivity index (χ2v) is 6.35. The number of hydrogen-bond donors (Lipinski definition) is 0. The molecule has 3 nitrogen and oxygen atoms in total. The van der Waals surface area contributed by atoms with Crippen LogP contribution in [0.5, 0.6) is 0 Å². The van der Waals surface area contributed by atoms with Gasteiger partial charge in [-0.05, 0) is 49.7 Å². The molecule has 21 heavy (non-hydrogen) atoms. The van der Waals surface area contributed by atoms with Crippen LogP contribution in [0.25, 0.3) is 0 Å². The Morgan fingerprint density at radius 2 is 1.33 bits per heavy atom. The van der Waals surface area contributed by atoms with Gasteiger partial charge in [0.2, 0.25) is 11.8 Å². The highest BCUT2D eigenvalue weighted by Crippen LogP contribution is 2.56. The Morgan fingerprint density at radius 1 is 0.810 bits per heavy atom. The monoisotopic (exact) mass is 281 g/mol. The van der Waals surface area contributed by atoms with Crippen molar-refractivity contribution in [3.63, 3.8) is 0 Å². The van der Waals surface area contributed by atoms with Crippen LogP contribution in [0.2, 0.25) is 0 Å². The topological polar surface area (TPSA) is 37.4 Å². The molecule has 0 unspecified atom stereocenters. The van der Waals surface area contributed by atoms with Crippen LogP contribution in [0, 0.1) is 23.7 Å². The molecule has 2 fully saturated rings. The molecule has 4 atom stereocenters. The van der Waals surface area contributed by atoms with E-state index in [1.54, 1.807) is 0 Å². The number of amides is 2. The number of anilines is 1. The van der Waals surface area contributed by atoms with Crippen LogP contribution >= 0.6 is 0 Å². The first-order chi connectivity index (χ1) is 10.3. The van der Waals surface area contributed by atoms with Crippen molar-refractivity contribution < 1.29 is 9.59 Å². The first kappa shape index (κ1) is 12.8. The first-order valence-electron chi connectivity index (χ1n) is 7.87. The minimum absolute atomic E-state index is 0.0296. The van der Waals surface area contributed by atoms with E-state index in [9.17, 15) is 9.59 Å². The van der Waals surface area contributed by atoms with Gasteiger partial charge in [0, 0.05) is 0 Å². The van der Waals surface area contributed by atoms with Crippen LogP contribution in [-0.4, -0.2) is 11.8 Å². The Balaban J connectivity index is 1.65. The number of rotatable bonds is 1. The van der Waals surface area contributed by atoms with Gasteiger partial charge in [0.1, 0.15) is 0 Å². The number of allylic oxidation sites excluding steroid dienone is 2. The molecule has 4 rings (SSSR count). The third-order valence-electron chi connectivity index (χ3n) is 5.38. The first-order valence-corrected chi connectivity index (χ1v) is 7.87. The molecule has 0 aromatic heterocycles. The Hall–Kier alpha value is -1.90. The molecule has 1 saturated heterocycles. The van der Waals surface area contributed by atoms with Crippen LogP contribution in [0.3, 0.4) is 0 Å². The maximum Gasteiger partial charge on any atom is 0.237 e. The fraction of sp³-hybridized carbons (Fsp3) is 0.444. The smallest absolute Gasteiger partial charge is 0.237 e. The molecule has 0 N–H and O–H groups in total. The summed E-state index contributed by atoms with van der Waals surface area (Å²) in [6, 6.07) is 9.36. The molecule has 1 aliphatic heterocycles. The average molecular weight is 281 g/mol. The summed E-state index contributed by atoms with van der Waals surface area (Å²) in [4.78, 5) is 26.9. The fourth-order valence-corrected chi connectivity index (χ4v) is 4.43. The standard InChI is InChI=1S/C18H19NO2/c20-17-15-13-10-6-1-2-7-11-14(13)16(15)18(21)19(17)12-8-4-3-5-9-12/h1-5,8-9,13-16H,6-7,10-11H2/b2-1+/t13-,14-,15-,16+/m0/s1. The quantitative estimate of drug-likeness (QED) is 0.585.